The highest BCUT2D eigenvalue weighted by Crippen LogP contribution is 2.24. The molecule has 0 bridgehead atoms. The fourth-order valence-corrected chi connectivity index (χ4v) is 4.78. The second-order valence-corrected chi connectivity index (χ2v) is 9.99. The van der Waals surface area contributed by atoms with E-state index in [1.54, 1.807) is 6.33 Å². The SMILES string of the molecule is O=C(Nc1ccccc1)Nc1ccc(CCNc2ncnc3cc(OCCCN4CCC(O)CC4)ccc23)cc1. The largest absolute Gasteiger partial charge is 0.493 e. The molecular formula is C31H36N6O3. The maximum absolute atomic E-state index is 12.2. The maximum Gasteiger partial charge on any atom is 0.323 e. The number of rotatable bonds is 11. The molecule has 1 aliphatic heterocycles. The van der Waals surface area contributed by atoms with Crippen LogP contribution in [0.3, 0.4) is 0 Å². The number of carbonyl (C=O) groups is 1. The minimum Gasteiger partial charge on any atom is -0.493 e. The van der Waals surface area contributed by atoms with E-state index >= 15 is 0 Å². The van der Waals surface area contributed by atoms with Gasteiger partial charge >= 0.3 is 6.03 Å². The molecule has 0 radical (unpaired) electrons. The molecule has 4 N–H and O–H groups in total. The van der Waals surface area contributed by atoms with E-state index in [9.17, 15) is 9.90 Å². The number of fused-ring (bicyclic) bond motifs is 1. The first-order valence-electron chi connectivity index (χ1n) is 13.9. The summed E-state index contributed by atoms with van der Waals surface area (Å²) in [5.41, 5.74) is 3.46. The predicted octanol–water partition coefficient (Wildman–Crippen LogP) is 5.15. The predicted molar refractivity (Wildman–Crippen MR) is 159 cm³/mol. The molecule has 208 valence electrons. The van der Waals surface area contributed by atoms with Crippen LogP contribution >= 0.6 is 0 Å². The van der Waals surface area contributed by atoms with Gasteiger partial charge in [-0.05, 0) is 67.6 Å². The Morgan fingerprint density at radius 2 is 1.70 bits per heavy atom. The number of ether oxygens (including phenoxy) is 1. The van der Waals surface area contributed by atoms with E-state index < -0.39 is 0 Å². The molecule has 0 spiro atoms. The van der Waals surface area contributed by atoms with Crippen molar-refractivity contribution in [1.29, 1.82) is 0 Å². The van der Waals surface area contributed by atoms with Crippen LogP contribution < -0.4 is 20.7 Å². The van der Waals surface area contributed by atoms with Gasteiger partial charge in [-0.1, -0.05) is 30.3 Å². The molecule has 9 heteroatoms. The molecule has 1 saturated heterocycles. The number of aromatic nitrogens is 2. The Hall–Kier alpha value is -4.21. The van der Waals surface area contributed by atoms with Gasteiger partial charge in [-0.25, -0.2) is 14.8 Å². The summed E-state index contributed by atoms with van der Waals surface area (Å²) < 4.78 is 5.98. The van der Waals surface area contributed by atoms with Gasteiger partial charge in [0.05, 0.1) is 18.2 Å². The number of anilines is 3. The minimum absolute atomic E-state index is 0.137. The molecular weight excluding hydrogens is 504 g/mol. The molecule has 1 aromatic heterocycles. The third-order valence-electron chi connectivity index (χ3n) is 7.00. The smallest absolute Gasteiger partial charge is 0.323 e. The first-order chi connectivity index (χ1) is 19.6. The lowest BCUT2D eigenvalue weighted by atomic mass is 10.1. The molecule has 0 saturated carbocycles. The van der Waals surface area contributed by atoms with Gasteiger partial charge in [0.1, 0.15) is 17.9 Å². The molecule has 0 atom stereocenters. The van der Waals surface area contributed by atoms with Crippen molar-refractivity contribution < 1.29 is 14.6 Å². The van der Waals surface area contributed by atoms with Crippen LogP contribution in [0.5, 0.6) is 5.75 Å². The maximum atomic E-state index is 12.2. The van der Waals surface area contributed by atoms with Gasteiger partial charge in [-0.3, -0.25) is 0 Å². The number of para-hydroxylation sites is 1. The van der Waals surface area contributed by atoms with Crippen molar-refractivity contribution in [1.82, 2.24) is 14.9 Å². The third kappa shape index (κ3) is 7.91. The van der Waals surface area contributed by atoms with E-state index in [-0.39, 0.29) is 12.1 Å². The Kier molecular flexibility index (Phi) is 9.39. The number of nitrogens with zero attached hydrogens (tertiary/aromatic N) is 3. The lowest BCUT2D eigenvalue weighted by Gasteiger charge is -2.29. The third-order valence-corrected chi connectivity index (χ3v) is 7.00. The average molecular weight is 541 g/mol. The number of likely N-dealkylation sites (tertiary alicyclic amines) is 1. The van der Waals surface area contributed by atoms with Crippen LogP contribution in [0.25, 0.3) is 10.9 Å². The number of amides is 2. The quantitative estimate of drug-likeness (QED) is 0.195. The zero-order chi connectivity index (χ0) is 27.6. The zero-order valence-corrected chi connectivity index (χ0v) is 22.6. The highest BCUT2D eigenvalue weighted by atomic mass is 16.5. The number of aliphatic hydroxyl groups excluding tert-OH is 1. The second-order valence-electron chi connectivity index (χ2n) is 9.99. The summed E-state index contributed by atoms with van der Waals surface area (Å²) in [6.07, 6.45) is 4.91. The van der Waals surface area contributed by atoms with Crippen molar-refractivity contribution in [2.75, 3.05) is 48.7 Å². The van der Waals surface area contributed by atoms with Crippen molar-refractivity contribution in [2.45, 2.75) is 31.8 Å². The van der Waals surface area contributed by atoms with Crippen LogP contribution in [0.4, 0.5) is 22.0 Å². The van der Waals surface area contributed by atoms with Gasteiger partial charge in [0, 0.05) is 49.0 Å². The number of hydrogen-bond acceptors (Lipinski definition) is 7. The van der Waals surface area contributed by atoms with Gasteiger partial charge in [0.25, 0.3) is 0 Å². The molecule has 5 rings (SSSR count). The van der Waals surface area contributed by atoms with E-state index in [0.717, 1.165) is 84.7 Å². The number of aliphatic hydroxyl groups is 1. The number of benzene rings is 3. The molecule has 3 aromatic carbocycles. The summed E-state index contributed by atoms with van der Waals surface area (Å²) in [7, 11) is 0. The summed E-state index contributed by atoms with van der Waals surface area (Å²) in [5.74, 6) is 1.59. The van der Waals surface area contributed by atoms with Crippen LogP contribution in [-0.2, 0) is 6.42 Å². The Morgan fingerprint density at radius 3 is 2.48 bits per heavy atom. The molecule has 2 heterocycles. The van der Waals surface area contributed by atoms with Crippen molar-refractivity contribution in [2.24, 2.45) is 0 Å². The highest BCUT2D eigenvalue weighted by Gasteiger charge is 2.16. The lowest BCUT2D eigenvalue weighted by Crippen LogP contribution is -2.36. The van der Waals surface area contributed by atoms with E-state index in [4.69, 9.17) is 4.74 Å². The summed E-state index contributed by atoms with van der Waals surface area (Å²) in [5, 5.41) is 19.7. The van der Waals surface area contributed by atoms with Crippen LogP contribution in [0.2, 0.25) is 0 Å². The monoisotopic (exact) mass is 540 g/mol. The summed E-state index contributed by atoms with van der Waals surface area (Å²) in [6, 6.07) is 22.8. The molecule has 1 aliphatic rings. The normalized spacial score (nSPS) is 14.1. The average Bonchev–Trinajstić information content (AvgIpc) is 2.97. The number of nitrogens with one attached hydrogen (secondary N) is 3. The Bertz CT molecular complexity index is 1380. The first-order valence-corrected chi connectivity index (χ1v) is 13.9. The van der Waals surface area contributed by atoms with Crippen LogP contribution in [0.15, 0.2) is 79.1 Å². The van der Waals surface area contributed by atoms with Gasteiger partial charge in [-0.15, -0.1) is 0 Å². The van der Waals surface area contributed by atoms with E-state index in [2.05, 4.69) is 30.8 Å². The van der Waals surface area contributed by atoms with Crippen molar-refractivity contribution >= 4 is 34.1 Å². The number of urea groups is 1. The fourth-order valence-electron chi connectivity index (χ4n) is 4.78. The van der Waals surface area contributed by atoms with Crippen LogP contribution in [0.1, 0.15) is 24.8 Å². The molecule has 4 aromatic rings. The molecule has 9 nitrogen and oxygen atoms in total. The van der Waals surface area contributed by atoms with Crippen molar-refractivity contribution in [3.63, 3.8) is 0 Å². The standard InChI is InChI=1S/C31H36N6O3/c38-26-14-18-37(19-15-26)17-4-20-40-27-11-12-28-29(21-27)33-22-34-30(28)32-16-13-23-7-9-25(10-8-23)36-31(39)35-24-5-2-1-3-6-24/h1-3,5-12,21-22,26,38H,4,13-20H2,(H,32,33,34)(H2,35,36,39). The number of hydrogen-bond donors (Lipinski definition) is 4. The summed E-state index contributed by atoms with van der Waals surface area (Å²) in [4.78, 5) is 23.5. The molecule has 0 unspecified atom stereocenters. The van der Waals surface area contributed by atoms with E-state index in [0.29, 0.717) is 13.2 Å². The van der Waals surface area contributed by atoms with Gasteiger partial charge in [0.15, 0.2) is 0 Å². The molecule has 0 aliphatic carbocycles. The lowest BCUT2D eigenvalue weighted by molar-refractivity contribution is 0.0800. The Labute approximate surface area is 234 Å². The second kappa shape index (κ2) is 13.7. The van der Waals surface area contributed by atoms with E-state index in [1.807, 2.05) is 72.8 Å². The van der Waals surface area contributed by atoms with Crippen LogP contribution in [0, 0.1) is 0 Å². The van der Waals surface area contributed by atoms with Gasteiger partial charge < -0.3 is 30.7 Å². The van der Waals surface area contributed by atoms with Crippen molar-refractivity contribution in [3.05, 3.63) is 84.7 Å². The topological polar surface area (TPSA) is 112 Å². The summed E-state index contributed by atoms with van der Waals surface area (Å²) >= 11 is 0. The molecule has 1 fully saturated rings. The van der Waals surface area contributed by atoms with Gasteiger partial charge in [0.2, 0.25) is 0 Å². The van der Waals surface area contributed by atoms with Gasteiger partial charge in [-0.2, -0.15) is 0 Å². The zero-order valence-electron chi connectivity index (χ0n) is 22.6. The van der Waals surface area contributed by atoms with E-state index in [1.165, 1.54) is 0 Å². The first kappa shape index (κ1) is 27.4. The Morgan fingerprint density at radius 1 is 0.950 bits per heavy atom. The minimum atomic E-state index is -0.274. The summed E-state index contributed by atoms with van der Waals surface area (Å²) in [6.45, 7) is 4.26. The van der Waals surface area contributed by atoms with Crippen LogP contribution in [-0.4, -0.2) is 64.9 Å². The van der Waals surface area contributed by atoms with Crippen molar-refractivity contribution in [3.8, 4) is 5.75 Å². The number of carbonyl (C=O) groups excluding carboxylic acids is 1. The number of piperidine rings is 1. The molecule has 40 heavy (non-hydrogen) atoms. The Balaban J connectivity index is 1.06. The highest BCUT2D eigenvalue weighted by molar-refractivity contribution is 5.99. The molecule has 2 amide bonds. The fraction of sp³-hybridized carbons (Fsp3) is 0.323.